The number of hydrogen-bond acceptors (Lipinski definition) is 2. The third-order valence-electron chi connectivity index (χ3n) is 0.781. The molecule has 0 saturated carbocycles. The van der Waals surface area contributed by atoms with Crippen molar-refractivity contribution >= 4 is 17.1 Å². The molecule has 0 atom stereocenters. The van der Waals surface area contributed by atoms with Crippen LogP contribution in [-0.2, 0) is 0 Å². The van der Waals surface area contributed by atoms with Gasteiger partial charge in [0, 0.05) is 10.4 Å². The summed E-state index contributed by atoms with van der Waals surface area (Å²) in [5, 5.41) is 8.16. The smallest absolute Gasteiger partial charge is 0.138 e. The summed E-state index contributed by atoms with van der Waals surface area (Å²) in [5.74, 6) is -0.568. The minimum atomic E-state index is -0.568. The molecule has 0 rings (SSSR count). The van der Waals surface area contributed by atoms with Crippen LogP contribution in [0.1, 0.15) is 6.92 Å². The third-order valence-corrected chi connectivity index (χ3v) is 0.976. The predicted octanol–water partition coefficient (Wildman–Crippen LogP) is 2.31. The molecule has 0 N–H and O–H groups in total. The molecule has 3 heteroatoms. The second kappa shape index (κ2) is 3.91. The Bertz CT molecular complexity index is 234. The van der Waals surface area contributed by atoms with Gasteiger partial charge in [0.1, 0.15) is 5.83 Å². The number of thiocarbonyl (C=S) groups is 1. The van der Waals surface area contributed by atoms with Crippen LogP contribution in [0.5, 0.6) is 0 Å². The third kappa shape index (κ3) is 3.10. The molecule has 1 nitrogen and oxygen atoms in total. The first-order valence-electron chi connectivity index (χ1n) is 2.55. The van der Waals surface area contributed by atoms with Crippen LogP contribution in [0.2, 0.25) is 0 Å². The predicted molar refractivity (Wildman–Crippen MR) is 42.2 cm³/mol. The summed E-state index contributed by atoms with van der Waals surface area (Å²) in [7, 11) is 0. The van der Waals surface area contributed by atoms with Crippen molar-refractivity contribution in [1.29, 1.82) is 5.26 Å². The van der Waals surface area contributed by atoms with E-state index in [0.29, 0.717) is 0 Å². The van der Waals surface area contributed by atoms with Gasteiger partial charge in [0.2, 0.25) is 0 Å². The van der Waals surface area contributed by atoms with Gasteiger partial charge in [0.25, 0.3) is 0 Å². The van der Waals surface area contributed by atoms with Crippen molar-refractivity contribution in [3.8, 4) is 6.07 Å². The lowest BCUT2D eigenvalue weighted by molar-refractivity contribution is 0.683. The molecular formula is C7H6FNS. The van der Waals surface area contributed by atoms with E-state index in [4.69, 9.17) is 5.26 Å². The Morgan fingerprint density at radius 3 is 2.60 bits per heavy atom. The van der Waals surface area contributed by atoms with Gasteiger partial charge < -0.3 is 0 Å². The van der Waals surface area contributed by atoms with Gasteiger partial charge in [-0.3, -0.25) is 0 Å². The molecule has 0 unspecified atom stereocenters. The van der Waals surface area contributed by atoms with E-state index in [2.05, 4.69) is 18.8 Å². The molecule has 52 valence electrons. The van der Waals surface area contributed by atoms with Crippen molar-refractivity contribution in [2.24, 2.45) is 0 Å². The fraction of sp³-hybridized carbons (Fsp3) is 0.143. The van der Waals surface area contributed by atoms with Gasteiger partial charge in [0.05, 0.1) is 6.07 Å². The maximum Gasteiger partial charge on any atom is 0.138 e. The summed E-state index contributed by atoms with van der Waals surface area (Å²) in [4.78, 5) is 0.136. The molecular weight excluding hydrogens is 149 g/mol. The Morgan fingerprint density at radius 2 is 2.30 bits per heavy atom. The summed E-state index contributed by atoms with van der Waals surface area (Å²) in [6.45, 7) is 4.71. The molecule has 0 aliphatic heterocycles. The SMILES string of the molecule is C=C(C#N)/C=C(/F)C(C)=S. The van der Waals surface area contributed by atoms with Crippen LogP contribution >= 0.6 is 12.2 Å². The highest BCUT2D eigenvalue weighted by atomic mass is 32.1. The van der Waals surface area contributed by atoms with E-state index >= 15 is 0 Å². The molecule has 0 aromatic carbocycles. The molecule has 0 heterocycles. The van der Waals surface area contributed by atoms with Gasteiger partial charge in [0.15, 0.2) is 0 Å². The van der Waals surface area contributed by atoms with E-state index in [1.165, 1.54) is 6.92 Å². The molecule has 10 heavy (non-hydrogen) atoms. The first-order valence-corrected chi connectivity index (χ1v) is 2.96. The highest BCUT2D eigenvalue weighted by molar-refractivity contribution is 7.80. The molecule has 0 radical (unpaired) electrons. The fourth-order valence-electron chi connectivity index (χ4n) is 0.287. The van der Waals surface area contributed by atoms with Crippen molar-refractivity contribution in [2.75, 3.05) is 0 Å². The van der Waals surface area contributed by atoms with E-state index in [-0.39, 0.29) is 10.4 Å². The molecule has 0 bridgehead atoms. The Kier molecular flexibility index (Phi) is 3.52. The monoisotopic (exact) mass is 155 g/mol. The average molecular weight is 155 g/mol. The standard InChI is InChI=1S/C7H6FNS/c1-5(4-9)3-7(8)6(2)10/h3H,1H2,2H3/b7-3+. The van der Waals surface area contributed by atoms with Crippen LogP contribution in [0, 0.1) is 11.3 Å². The van der Waals surface area contributed by atoms with E-state index < -0.39 is 5.83 Å². The number of allylic oxidation sites excluding steroid dienone is 3. The molecule has 0 saturated heterocycles. The van der Waals surface area contributed by atoms with Crippen LogP contribution in [-0.4, -0.2) is 4.86 Å². The van der Waals surface area contributed by atoms with E-state index in [0.717, 1.165) is 6.08 Å². The summed E-state index contributed by atoms with van der Waals surface area (Å²) in [6, 6.07) is 1.68. The summed E-state index contributed by atoms with van der Waals surface area (Å²) in [6.07, 6.45) is 1.02. The lowest BCUT2D eigenvalue weighted by Gasteiger charge is -1.88. The molecule has 0 amide bonds. The number of nitriles is 1. The van der Waals surface area contributed by atoms with Crippen molar-refractivity contribution in [3.05, 3.63) is 24.1 Å². The number of rotatable bonds is 2. The summed E-state index contributed by atoms with van der Waals surface area (Å²) in [5.41, 5.74) is 0.0710. The quantitative estimate of drug-likeness (QED) is 0.264. The summed E-state index contributed by atoms with van der Waals surface area (Å²) >= 11 is 4.49. The van der Waals surface area contributed by atoms with Gasteiger partial charge in [-0.15, -0.1) is 0 Å². The van der Waals surface area contributed by atoms with Gasteiger partial charge in [-0.2, -0.15) is 5.26 Å². The van der Waals surface area contributed by atoms with Gasteiger partial charge >= 0.3 is 0 Å². The average Bonchev–Trinajstić information content (AvgIpc) is 1.87. The fourth-order valence-corrected chi connectivity index (χ4v) is 0.346. The molecule has 0 aromatic rings. The van der Waals surface area contributed by atoms with Crippen molar-refractivity contribution in [3.63, 3.8) is 0 Å². The van der Waals surface area contributed by atoms with Crippen molar-refractivity contribution in [1.82, 2.24) is 0 Å². The van der Waals surface area contributed by atoms with E-state index in [1.807, 2.05) is 0 Å². The zero-order valence-corrected chi connectivity index (χ0v) is 6.33. The normalized spacial score (nSPS) is 10.3. The first-order chi connectivity index (χ1) is 4.57. The van der Waals surface area contributed by atoms with Crippen LogP contribution in [0.4, 0.5) is 4.39 Å². The van der Waals surface area contributed by atoms with E-state index in [1.54, 1.807) is 6.07 Å². The second-order valence-electron chi connectivity index (χ2n) is 1.69. The highest BCUT2D eigenvalue weighted by Crippen LogP contribution is 2.03. The van der Waals surface area contributed by atoms with Crippen molar-refractivity contribution in [2.45, 2.75) is 6.92 Å². The Labute approximate surface area is 64.5 Å². The second-order valence-corrected chi connectivity index (χ2v) is 2.30. The minimum Gasteiger partial charge on any atom is -0.206 e. The molecule has 0 aromatic heterocycles. The Morgan fingerprint density at radius 1 is 1.80 bits per heavy atom. The molecule has 0 spiro atoms. The number of nitrogens with zero attached hydrogens (tertiary/aromatic N) is 1. The van der Waals surface area contributed by atoms with E-state index in [9.17, 15) is 4.39 Å². The Hall–Kier alpha value is -1.01. The van der Waals surface area contributed by atoms with Gasteiger partial charge in [-0.25, -0.2) is 4.39 Å². The maximum absolute atomic E-state index is 12.5. The van der Waals surface area contributed by atoms with Crippen LogP contribution < -0.4 is 0 Å². The minimum absolute atomic E-state index is 0.0710. The van der Waals surface area contributed by atoms with Crippen LogP contribution in [0.25, 0.3) is 0 Å². The first kappa shape index (κ1) is 8.99. The lowest BCUT2D eigenvalue weighted by Crippen LogP contribution is -1.86. The van der Waals surface area contributed by atoms with Gasteiger partial charge in [-0.1, -0.05) is 18.8 Å². The Balaban J connectivity index is 4.35. The topological polar surface area (TPSA) is 23.8 Å². The molecule has 0 fully saturated rings. The maximum atomic E-state index is 12.5. The molecule has 0 aliphatic carbocycles. The van der Waals surface area contributed by atoms with Gasteiger partial charge in [-0.05, 0) is 13.0 Å². The zero-order valence-electron chi connectivity index (χ0n) is 5.52. The van der Waals surface area contributed by atoms with Crippen LogP contribution in [0.3, 0.4) is 0 Å². The van der Waals surface area contributed by atoms with Crippen molar-refractivity contribution < 1.29 is 4.39 Å². The number of hydrogen-bond donors (Lipinski definition) is 0. The molecule has 0 aliphatic rings. The van der Waals surface area contributed by atoms with Crippen LogP contribution in [0.15, 0.2) is 24.1 Å². The number of halogens is 1. The highest BCUT2D eigenvalue weighted by Gasteiger charge is 1.96. The zero-order chi connectivity index (χ0) is 8.15. The largest absolute Gasteiger partial charge is 0.206 e. The lowest BCUT2D eigenvalue weighted by atomic mass is 10.2. The summed E-state index contributed by atoms with van der Waals surface area (Å²) < 4.78 is 12.5.